The Kier molecular flexibility index (Phi) is 5.52. The van der Waals surface area contributed by atoms with Crippen LogP contribution in [0.1, 0.15) is 38.7 Å². The molecule has 0 bridgehead atoms. The van der Waals surface area contributed by atoms with Gasteiger partial charge < -0.3 is 5.43 Å². The van der Waals surface area contributed by atoms with Gasteiger partial charge in [0.25, 0.3) is 0 Å². The van der Waals surface area contributed by atoms with Crippen molar-refractivity contribution in [3.8, 4) is 0 Å². The lowest BCUT2D eigenvalue weighted by atomic mass is 10.2. The predicted octanol–water partition coefficient (Wildman–Crippen LogP) is 3.34. The van der Waals surface area contributed by atoms with Crippen molar-refractivity contribution in [1.82, 2.24) is 5.43 Å². The third kappa shape index (κ3) is 5.21. The highest BCUT2D eigenvalue weighted by Gasteiger charge is 1.91. The molecule has 2 heteroatoms. The summed E-state index contributed by atoms with van der Waals surface area (Å²) in [7, 11) is 0. The first kappa shape index (κ1) is 11.8. The molecule has 0 atom stereocenters. The molecule has 82 valence electrons. The lowest BCUT2D eigenvalue weighted by Gasteiger charge is -2.02. The second-order valence-corrected chi connectivity index (χ2v) is 3.77. The Morgan fingerprint density at radius 3 is 2.67 bits per heavy atom. The quantitative estimate of drug-likeness (QED) is 0.558. The van der Waals surface area contributed by atoms with E-state index in [9.17, 15) is 0 Å². The Labute approximate surface area is 92.4 Å². The van der Waals surface area contributed by atoms with E-state index < -0.39 is 0 Å². The van der Waals surface area contributed by atoms with Crippen LogP contribution in [0, 0.1) is 0 Å². The highest BCUT2D eigenvalue weighted by Crippen LogP contribution is 1.98. The lowest BCUT2D eigenvalue weighted by Crippen LogP contribution is -2.08. The van der Waals surface area contributed by atoms with Crippen LogP contribution in [-0.2, 0) is 6.54 Å². The zero-order valence-corrected chi connectivity index (χ0v) is 9.66. The molecule has 0 saturated carbocycles. The zero-order chi connectivity index (χ0) is 10.9. The maximum absolute atomic E-state index is 4.32. The van der Waals surface area contributed by atoms with E-state index in [1.54, 1.807) is 0 Å². The van der Waals surface area contributed by atoms with Crippen LogP contribution in [0.5, 0.6) is 0 Å². The van der Waals surface area contributed by atoms with Crippen LogP contribution in [0.4, 0.5) is 0 Å². The van der Waals surface area contributed by atoms with Crippen LogP contribution in [0.3, 0.4) is 0 Å². The average Bonchev–Trinajstić information content (AvgIpc) is 2.28. The van der Waals surface area contributed by atoms with E-state index in [1.807, 2.05) is 18.2 Å². The summed E-state index contributed by atoms with van der Waals surface area (Å²) in [5, 5.41) is 4.32. The van der Waals surface area contributed by atoms with Crippen molar-refractivity contribution in [2.45, 2.75) is 39.7 Å². The van der Waals surface area contributed by atoms with Gasteiger partial charge in [-0.15, -0.1) is 0 Å². The highest BCUT2D eigenvalue weighted by molar-refractivity contribution is 5.81. The zero-order valence-electron chi connectivity index (χ0n) is 9.66. The summed E-state index contributed by atoms with van der Waals surface area (Å²) in [5.74, 6) is 0. The molecular formula is C13H20N2. The van der Waals surface area contributed by atoms with Crippen LogP contribution in [0.25, 0.3) is 0 Å². The number of hydrogen-bond donors (Lipinski definition) is 1. The van der Waals surface area contributed by atoms with Crippen molar-refractivity contribution in [2.75, 3.05) is 0 Å². The number of benzene rings is 1. The fourth-order valence-corrected chi connectivity index (χ4v) is 1.35. The van der Waals surface area contributed by atoms with Gasteiger partial charge in [-0.1, -0.05) is 43.7 Å². The summed E-state index contributed by atoms with van der Waals surface area (Å²) in [6.45, 7) is 5.09. The Morgan fingerprint density at radius 1 is 1.27 bits per heavy atom. The van der Waals surface area contributed by atoms with E-state index in [-0.39, 0.29) is 0 Å². The summed E-state index contributed by atoms with van der Waals surface area (Å²) in [6, 6.07) is 10.3. The molecule has 15 heavy (non-hydrogen) atoms. The molecule has 0 aliphatic heterocycles. The van der Waals surface area contributed by atoms with Crippen LogP contribution in [0.15, 0.2) is 35.4 Å². The molecule has 0 heterocycles. The first-order valence-corrected chi connectivity index (χ1v) is 5.63. The Balaban J connectivity index is 2.26. The maximum atomic E-state index is 4.32. The molecule has 1 aromatic rings. The summed E-state index contributed by atoms with van der Waals surface area (Å²) < 4.78 is 0. The molecule has 0 radical (unpaired) electrons. The molecule has 0 unspecified atom stereocenters. The molecule has 2 nitrogen and oxygen atoms in total. The van der Waals surface area contributed by atoms with Crippen molar-refractivity contribution in [3.63, 3.8) is 0 Å². The standard InChI is InChI=1S/C13H20N2/c1-3-4-8-12(2)15-14-11-13-9-6-5-7-10-13/h5-7,9-10,14H,3-4,8,11H2,1-2H3/b15-12-. The van der Waals surface area contributed by atoms with Gasteiger partial charge in [-0.2, -0.15) is 5.10 Å². The topological polar surface area (TPSA) is 24.4 Å². The molecule has 0 spiro atoms. The highest BCUT2D eigenvalue weighted by atomic mass is 15.3. The number of rotatable bonds is 6. The molecule has 0 amide bonds. The SMILES string of the molecule is CCCC/C(C)=N\NCc1ccccc1. The van der Waals surface area contributed by atoms with Crippen molar-refractivity contribution in [1.29, 1.82) is 0 Å². The van der Waals surface area contributed by atoms with E-state index in [4.69, 9.17) is 0 Å². The number of hydrogen-bond acceptors (Lipinski definition) is 2. The van der Waals surface area contributed by atoms with Gasteiger partial charge in [0.1, 0.15) is 0 Å². The normalized spacial score (nSPS) is 11.5. The molecular weight excluding hydrogens is 184 g/mol. The van der Waals surface area contributed by atoms with Gasteiger partial charge in [-0.25, -0.2) is 0 Å². The number of hydrazone groups is 1. The van der Waals surface area contributed by atoms with Crippen LogP contribution >= 0.6 is 0 Å². The van der Waals surface area contributed by atoms with Gasteiger partial charge in [-0.05, 0) is 25.3 Å². The van der Waals surface area contributed by atoms with E-state index in [0.717, 1.165) is 13.0 Å². The minimum absolute atomic E-state index is 0.810. The average molecular weight is 204 g/mol. The third-order valence-electron chi connectivity index (χ3n) is 2.29. The largest absolute Gasteiger partial charge is 0.306 e. The van der Waals surface area contributed by atoms with E-state index >= 15 is 0 Å². The van der Waals surface area contributed by atoms with Gasteiger partial charge in [-0.3, -0.25) is 0 Å². The summed E-state index contributed by atoms with van der Waals surface area (Å²) in [5.41, 5.74) is 5.55. The number of nitrogens with one attached hydrogen (secondary N) is 1. The molecule has 0 saturated heterocycles. The minimum atomic E-state index is 0.810. The second-order valence-electron chi connectivity index (χ2n) is 3.77. The van der Waals surface area contributed by atoms with E-state index in [1.165, 1.54) is 24.1 Å². The first-order valence-electron chi connectivity index (χ1n) is 5.63. The van der Waals surface area contributed by atoms with Gasteiger partial charge >= 0.3 is 0 Å². The van der Waals surface area contributed by atoms with Gasteiger partial charge in [0.05, 0.1) is 6.54 Å². The molecule has 0 fully saturated rings. The summed E-state index contributed by atoms with van der Waals surface area (Å²) in [4.78, 5) is 0. The van der Waals surface area contributed by atoms with Crippen molar-refractivity contribution in [3.05, 3.63) is 35.9 Å². The van der Waals surface area contributed by atoms with Gasteiger partial charge in [0.2, 0.25) is 0 Å². The monoisotopic (exact) mass is 204 g/mol. The van der Waals surface area contributed by atoms with Crippen LogP contribution in [0.2, 0.25) is 0 Å². The number of unbranched alkanes of at least 4 members (excludes halogenated alkanes) is 1. The van der Waals surface area contributed by atoms with E-state index in [0.29, 0.717) is 0 Å². The minimum Gasteiger partial charge on any atom is -0.306 e. The Bertz CT molecular complexity index is 291. The summed E-state index contributed by atoms with van der Waals surface area (Å²) >= 11 is 0. The maximum Gasteiger partial charge on any atom is 0.0580 e. The number of nitrogens with zero attached hydrogens (tertiary/aromatic N) is 1. The molecule has 0 aromatic heterocycles. The van der Waals surface area contributed by atoms with Crippen molar-refractivity contribution < 1.29 is 0 Å². The lowest BCUT2D eigenvalue weighted by molar-refractivity contribution is 0.731. The smallest absolute Gasteiger partial charge is 0.0580 e. The molecule has 0 aliphatic rings. The van der Waals surface area contributed by atoms with Crippen LogP contribution in [-0.4, -0.2) is 5.71 Å². The molecule has 1 aromatic carbocycles. The van der Waals surface area contributed by atoms with Crippen molar-refractivity contribution >= 4 is 5.71 Å². The molecule has 0 aliphatic carbocycles. The molecule has 1 rings (SSSR count). The van der Waals surface area contributed by atoms with Crippen LogP contribution < -0.4 is 5.43 Å². The molecule has 1 N–H and O–H groups in total. The van der Waals surface area contributed by atoms with Gasteiger partial charge in [0.15, 0.2) is 0 Å². The summed E-state index contributed by atoms with van der Waals surface area (Å²) in [6.07, 6.45) is 3.55. The first-order chi connectivity index (χ1) is 7.33. The fraction of sp³-hybridized carbons (Fsp3) is 0.462. The third-order valence-corrected chi connectivity index (χ3v) is 2.29. The Hall–Kier alpha value is -1.31. The van der Waals surface area contributed by atoms with E-state index in [2.05, 4.69) is 36.5 Å². The fourth-order valence-electron chi connectivity index (χ4n) is 1.35. The van der Waals surface area contributed by atoms with Gasteiger partial charge in [0, 0.05) is 5.71 Å². The van der Waals surface area contributed by atoms with Crippen molar-refractivity contribution in [2.24, 2.45) is 5.10 Å². The predicted molar refractivity (Wildman–Crippen MR) is 65.9 cm³/mol. The second kappa shape index (κ2) is 7.04. The Morgan fingerprint density at radius 2 is 2.00 bits per heavy atom.